The van der Waals surface area contributed by atoms with Crippen LogP contribution in [0.3, 0.4) is 0 Å². The number of carbonyl (C=O) groups is 1. The van der Waals surface area contributed by atoms with E-state index >= 15 is 0 Å². The fourth-order valence-electron chi connectivity index (χ4n) is 4.21. The van der Waals surface area contributed by atoms with E-state index in [0.29, 0.717) is 6.42 Å². The average Bonchev–Trinajstić information content (AvgIpc) is 3.00. The van der Waals surface area contributed by atoms with Crippen molar-refractivity contribution >= 4 is 5.91 Å². The first kappa shape index (κ1) is 21.4. The van der Waals surface area contributed by atoms with Crippen molar-refractivity contribution < 1.29 is 18.0 Å². The van der Waals surface area contributed by atoms with Gasteiger partial charge < -0.3 is 10.2 Å². The molecule has 2 aromatic carbocycles. The number of alkyl halides is 3. The molecule has 156 valence electrons. The molecule has 1 aliphatic rings. The monoisotopic (exact) mass is 404 g/mol. The van der Waals surface area contributed by atoms with Crippen molar-refractivity contribution in [2.24, 2.45) is 0 Å². The molecule has 1 aliphatic carbocycles. The second-order valence-electron chi connectivity index (χ2n) is 7.65. The SMILES string of the molecule is CCN(C)CCCCC1(C(=O)NCC(F)(F)F)c2ccccc2-c2ccccc21. The van der Waals surface area contributed by atoms with Gasteiger partial charge in [-0.2, -0.15) is 13.2 Å². The summed E-state index contributed by atoms with van der Waals surface area (Å²) in [6.07, 6.45) is -2.35. The Morgan fingerprint density at radius 1 is 1.00 bits per heavy atom. The highest BCUT2D eigenvalue weighted by Gasteiger charge is 2.49. The fraction of sp³-hybridized carbons (Fsp3) is 0.435. The van der Waals surface area contributed by atoms with E-state index in [1.165, 1.54) is 0 Å². The molecule has 0 saturated carbocycles. The molecular weight excluding hydrogens is 377 g/mol. The number of hydrogen-bond donors (Lipinski definition) is 1. The third-order valence-electron chi connectivity index (χ3n) is 5.78. The first-order valence-corrected chi connectivity index (χ1v) is 10.0. The van der Waals surface area contributed by atoms with Crippen LogP contribution in [0.25, 0.3) is 11.1 Å². The Bertz CT molecular complexity index is 818. The molecule has 0 heterocycles. The number of hydrogen-bond acceptors (Lipinski definition) is 2. The molecular formula is C23H27F3N2O. The zero-order valence-electron chi connectivity index (χ0n) is 16.9. The maximum Gasteiger partial charge on any atom is 0.405 e. The molecule has 0 atom stereocenters. The maximum absolute atomic E-state index is 13.3. The summed E-state index contributed by atoms with van der Waals surface area (Å²) in [4.78, 5) is 15.5. The van der Waals surface area contributed by atoms with Crippen molar-refractivity contribution in [2.75, 3.05) is 26.7 Å². The lowest BCUT2D eigenvalue weighted by Gasteiger charge is -2.31. The van der Waals surface area contributed by atoms with Crippen LogP contribution in [0.1, 0.15) is 37.3 Å². The predicted octanol–water partition coefficient (Wildman–Crippen LogP) is 4.75. The van der Waals surface area contributed by atoms with Crippen molar-refractivity contribution in [1.29, 1.82) is 0 Å². The van der Waals surface area contributed by atoms with E-state index < -0.39 is 24.0 Å². The Morgan fingerprint density at radius 2 is 1.55 bits per heavy atom. The quantitative estimate of drug-likeness (QED) is 0.644. The van der Waals surface area contributed by atoms with E-state index in [0.717, 1.165) is 48.2 Å². The van der Waals surface area contributed by atoms with Crippen LogP contribution in [0, 0.1) is 0 Å². The van der Waals surface area contributed by atoms with E-state index in [1.54, 1.807) is 0 Å². The standard InChI is InChI=1S/C23H27F3N2O/c1-3-28(2)15-9-8-14-22(21(29)27-16-23(24,25)26)19-12-6-4-10-17(19)18-11-5-7-13-20(18)22/h4-7,10-13H,3,8-9,14-16H2,1-2H3,(H,27,29). The van der Waals surface area contributed by atoms with Crippen LogP contribution in [0.2, 0.25) is 0 Å². The predicted molar refractivity (Wildman–Crippen MR) is 109 cm³/mol. The zero-order valence-corrected chi connectivity index (χ0v) is 16.9. The zero-order chi connectivity index (χ0) is 21.1. The van der Waals surface area contributed by atoms with Crippen molar-refractivity contribution in [3.63, 3.8) is 0 Å². The molecule has 0 saturated heterocycles. The molecule has 0 aromatic heterocycles. The molecule has 1 N–H and O–H groups in total. The van der Waals surface area contributed by atoms with Gasteiger partial charge in [0.25, 0.3) is 0 Å². The van der Waals surface area contributed by atoms with Crippen LogP contribution in [0.5, 0.6) is 0 Å². The lowest BCUT2D eigenvalue weighted by molar-refractivity contribution is -0.141. The number of nitrogens with zero attached hydrogens (tertiary/aromatic N) is 1. The van der Waals surface area contributed by atoms with Crippen LogP contribution in [-0.4, -0.2) is 43.7 Å². The van der Waals surface area contributed by atoms with Crippen molar-refractivity contribution in [1.82, 2.24) is 10.2 Å². The molecule has 0 unspecified atom stereocenters. The first-order chi connectivity index (χ1) is 13.8. The van der Waals surface area contributed by atoms with Gasteiger partial charge in [-0.3, -0.25) is 4.79 Å². The van der Waals surface area contributed by atoms with Crippen molar-refractivity contribution in [3.05, 3.63) is 59.7 Å². The molecule has 0 fully saturated rings. The van der Waals surface area contributed by atoms with Gasteiger partial charge in [0.1, 0.15) is 12.0 Å². The smallest absolute Gasteiger partial charge is 0.346 e. The van der Waals surface area contributed by atoms with Crippen LogP contribution >= 0.6 is 0 Å². The van der Waals surface area contributed by atoms with Crippen LogP contribution in [0.4, 0.5) is 13.2 Å². The summed E-state index contributed by atoms with van der Waals surface area (Å²) < 4.78 is 38.5. The molecule has 0 spiro atoms. The number of rotatable bonds is 8. The number of unbranched alkanes of at least 4 members (excludes halogenated alkanes) is 1. The Balaban J connectivity index is 1.98. The summed E-state index contributed by atoms with van der Waals surface area (Å²) in [5, 5.41) is 2.17. The third kappa shape index (κ3) is 4.32. The van der Waals surface area contributed by atoms with Crippen LogP contribution in [0.15, 0.2) is 48.5 Å². The van der Waals surface area contributed by atoms with E-state index in [2.05, 4.69) is 17.1 Å². The van der Waals surface area contributed by atoms with Crippen LogP contribution in [-0.2, 0) is 10.2 Å². The average molecular weight is 404 g/mol. The maximum atomic E-state index is 13.3. The fourth-order valence-corrected chi connectivity index (χ4v) is 4.21. The summed E-state index contributed by atoms with van der Waals surface area (Å²) in [6, 6.07) is 15.1. The minimum atomic E-state index is -4.45. The van der Waals surface area contributed by atoms with Gasteiger partial charge in [0.15, 0.2) is 0 Å². The van der Waals surface area contributed by atoms with Gasteiger partial charge in [-0.1, -0.05) is 61.9 Å². The topological polar surface area (TPSA) is 32.3 Å². The molecule has 3 nitrogen and oxygen atoms in total. The molecule has 0 bridgehead atoms. The molecule has 29 heavy (non-hydrogen) atoms. The summed E-state index contributed by atoms with van der Waals surface area (Å²) in [7, 11) is 2.03. The molecule has 0 aliphatic heterocycles. The second-order valence-corrected chi connectivity index (χ2v) is 7.65. The highest BCUT2D eigenvalue weighted by molar-refractivity contribution is 6.00. The van der Waals surface area contributed by atoms with E-state index in [1.807, 2.05) is 55.6 Å². The summed E-state index contributed by atoms with van der Waals surface area (Å²) in [5.74, 6) is -0.573. The Labute approximate surface area is 169 Å². The molecule has 2 aromatic rings. The summed E-state index contributed by atoms with van der Waals surface area (Å²) in [6.45, 7) is 2.58. The summed E-state index contributed by atoms with van der Waals surface area (Å²) >= 11 is 0. The largest absolute Gasteiger partial charge is 0.405 e. The molecule has 0 radical (unpaired) electrons. The lowest BCUT2D eigenvalue weighted by Crippen LogP contribution is -2.47. The van der Waals surface area contributed by atoms with E-state index in [-0.39, 0.29) is 0 Å². The number of amides is 1. The summed E-state index contributed by atoms with van der Waals surface area (Å²) in [5.41, 5.74) is 2.35. The number of halogens is 3. The van der Waals surface area contributed by atoms with Crippen LogP contribution < -0.4 is 5.32 Å². The lowest BCUT2D eigenvalue weighted by atomic mass is 9.73. The van der Waals surface area contributed by atoms with Gasteiger partial charge in [0.05, 0.1) is 0 Å². The minimum absolute atomic E-state index is 0.474. The Hall–Kier alpha value is -2.34. The number of nitrogens with one attached hydrogen (secondary N) is 1. The van der Waals surface area contributed by atoms with Crippen molar-refractivity contribution in [2.45, 2.75) is 37.8 Å². The number of fused-ring (bicyclic) bond motifs is 3. The molecule has 6 heteroatoms. The second kappa shape index (κ2) is 8.57. The van der Waals surface area contributed by atoms with Gasteiger partial charge in [-0.15, -0.1) is 0 Å². The third-order valence-corrected chi connectivity index (χ3v) is 5.78. The highest BCUT2D eigenvalue weighted by atomic mass is 19.4. The first-order valence-electron chi connectivity index (χ1n) is 10.0. The van der Waals surface area contributed by atoms with Gasteiger partial charge in [-0.05, 0) is 55.2 Å². The van der Waals surface area contributed by atoms with Gasteiger partial charge in [0, 0.05) is 0 Å². The normalized spacial score (nSPS) is 14.6. The van der Waals surface area contributed by atoms with Gasteiger partial charge in [0.2, 0.25) is 5.91 Å². The van der Waals surface area contributed by atoms with Gasteiger partial charge in [-0.25, -0.2) is 0 Å². The Kier molecular flexibility index (Phi) is 6.32. The van der Waals surface area contributed by atoms with E-state index in [4.69, 9.17) is 0 Å². The Morgan fingerprint density at radius 3 is 2.07 bits per heavy atom. The number of carbonyl (C=O) groups excluding carboxylic acids is 1. The van der Waals surface area contributed by atoms with Gasteiger partial charge >= 0.3 is 6.18 Å². The molecule has 3 rings (SSSR count). The highest BCUT2D eigenvalue weighted by Crippen LogP contribution is 2.51. The van der Waals surface area contributed by atoms with Crippen molar-refractivity contribution in [3.8, 4) is 11.1 Å². The van der Waals surface area contributed by atoms with E-state index in [9.17, 15) is 18.0 Å². The number of benzene rings is 2. The molecule has 1 amide bonds. The minimum Gasteiger partial charge on any atom is -0.346 e.